The lowest BCUT2D eigenvalue weighted by molar-refractivity contribution is -0.116. The monoisotopic (exact) mass is 166 g/mol. The number of carbonyl (C=O) groups is 1. The zero-order chi connectivity index (χ0) is 8.97. The van der Waals surface area contributed by atoms with E-state index in [9.17, 15) is 4.79 Å². The number of rotatable bonds is 2. The van der Waals surface area contributed by atoms with Crippen molar-refractivity contribution in [3.8, 4) is 0 Å². The van der Waals surface area contributed by atoms with Crippen LogP contribution >= 0.6 is 0 Å². The van der Waals surface area contributed by atoms with Crippen molar-refractivity contribution in [2.45, 2.75) is 0 Å². The second-order valence-electron chi connectivity index (χ2n) is 2.29. The maximum Gasteiger partial charge on any atom is 0.257 e. The highest BCUT2D eigenvalue weighted by Crippen LogP contribution is 1.97. The smallest absolute Gasteiger partial charge is 0.257 e. The molecule has 1 heterocycles. The highest BCUT2D eigenvalue weighted by atomic mass is 16.2. The van der Waals surface area contributed by atoms with E-state index in [2.05, 4.69) is 5.10 Å². The van der Waals surface area contributed by atoms with E-state index in [4.69, 9.17) is 5.84 Å². The number of hydrogen-bond acceptors (Lipinski definition) is 3. The summed E-state index contributed by atoms with van der Waals surface area (Å²) in [4.78, 5) is 10.6. The summed E-state index contributed by atoms with van der Waals surface area (Å²) in [6.45, 7) is 0. The third-order valence-corrected chi connectivity index (χ3v) is 1.29. The van der Waals surface area contributed by atoms with Crippen LogP contribution in [0.15, 0.2) is 18.5 Å². The van der Waals surface area contributed by atoms with Gasteiger partial charge in [0.1, 0.15) is 0 Å². The predicted molar refractivity (Wildman–Crippen MR) is 44.6 cm³/mol. The molecule has 1 aromatic heterocycles. The van der Waals surface area contributed by atoms with Gasteiger partial charge in [-0.2, -0.15) is 5.10 Å². The van der Waals surface area contributed by atoms with Crippen LogP contribution in [0.3, 0.4) is 0 Å². The quantitative estimate of drug-likeness (QED) is 0.267. The van der Waals surface area contributed by atoms with Crippen LogP contribution in [0.2, 0.25) is 0 Å². The van der Waals surface area contributed by atoms with Crippen LogP contribution < -0.4 is 11.3 Å². The Morgan fingerprint density at radius 2 is 2.58 bits per heavy atom. The second kappa shape index (κ2) is 3.68. The molecule has 0 saturated carbocycles. The zero-order valence-corrected chi connectivity index (χ0v) is 6.69. The molecule has 12 heavy (non-hydrogen) atoms. The minimum absolute atomic E-state index is 0.334. The van der Waals surface area contributed by atoms with Gasteiger partial charge in [-0.05, 0) is 6.08 Å². The number of hydrazine groups is 1. The Morgan fingerprint density at radius 1 is 1.83 bits per heavy atom. The topological polar surface area (TPSA) is 72.9 Å². The first-order chi connectivity index (χ1) is 5.72. The van der Waals surface area contributed by atoms with Crippen LogP contribution in [0.1, 0.15) is 5.56 Å². The van der Waals surface area contributed by atoms with E-state index in [0.717, 1.165) is 5.56 Å². The Bertz CT molecular complexity index is 302. The molecule has 0 aliphatic carbocycles. The number of nitrogens with zero attached hydrogens (tertiary/aromatic N) is 2. The van der Waals surface area contributed by atoms with Gasteiger partial charge in [-0.1, -0.05) is 0 Å². The van der Waals surface area contributed by atoms with Gasteiger partial charge in [0.05, 0.1) is 6.20 Å². The number of aryl methyl sites for hydroxylation is 1. The van der Waals surface area contributed by atoms with E-state index < -0.39 is 0 Å². The zero-order valence-electron chi connectivity index (χ0n) is 6.69. The molecule has 0 aliphatic heterocycles. The number of hydrogen-bond donors (Lipinski definition) is 2. The normalized spacial score (nSPS) is 10.5. The SMILES string of the molecule is Cn1cc(/C=C/C(=O)NN)cn1. The fraction of sp³-hybridized carbons (Fsp3) is 0.143. The van der Waals surface area contributed by atoms with E-state index in [-0.39, 0.29) is 5.91 Å². The molecule has 0 bridgehead atoms. The van der Waals surface area contributed by atoms with Gasteiger partial charge in [0.25, 0.3) is 5.91 Å². The third-order valence-electron chi connectivity index (χ3n) is 1.29. The van der Waals surface area contributed by atoms with Crippen molar-refractivity contribution in [1.29, 1.82) is 0 Å². The van der Waals surface area contributed by atoms with Crippen LogP contribution in [0, 0.1) is 0 Å². The molecule has 0 aromatic carbocycles. The summed E-state index contributed by atoms with van der Waals surface area (Å²) >= 11 is 0. The average Bonchev–Trinajstić information content (AvgIpc) is 2.47. The second-order valence-corrected chi connectivity index (χ2v) is 2.29. The minimum atomic E-state index is -0.334. The highest BCUT2D eigenvalue weighted by molar-refractivity contribution is 5.91. The summed E-state index contributed by atoms with van der Waals surface area (Å²) in [6, 6.07) is 0. The lowest BCUT2D eigenvalue weighted by Crippen LogP contribution is -2.27. The first-order valence-electron chi connectivity index (χ1n) is 3.39. The van der Waals surface area contributed by atoms with Crippen LogP contribution in [-0.4, -0.2) is 15.7 Å². The summed E-state index contributed by atoms with van der Waals surface area (Å²) in [5, 5.41) is 3.92. The summed E-state index contributed by atoms with van der Waals surface area (Å²) in [5.41, 5.74) is 2.85. The number of aromatic nitrogens is 2. The average molecular weight is 166 g/mol. The Labute approximate surface area is 69.8 Å². The number of carbonyl (C=O) groups excluding carboxylic acids is 1. The van der Waals surface area contributed by atoms with Gasteiger partial charge < -0.3 is 0 Å². The van der Waals surface area contributed by atoms with Gasteiger partial charge in [-0.3, -0.25) is 14.9 Å². The highest BCUT2D eigenvalue weighted by Gasteiger charge is 1.91. The van der Waals surface area contributed by atoms with Gasteiger partial charge >= 0.3 is 0 Å². The van der Waals surface area contributed by atoms with Crippen molar-refractivity contribution in [2.24, 2.45) is 12.9 Å². The van der Waals surface area contributed by atoms with E-state index in [1.54, 1.807) is 30.2 Å². The molecule has 64 valence electrons. The molecule has 0 saturated heterocycles. The molecular formula is C7H10N4O. The molecule has 5 heteroatoms. The van der Waals surface area contributed by atoms with Gasteiger partial charge in [0, 0.05) is 24.9 Å². The van der Waals surface area contributed by atoms with Crippen LogP contribution in [0.4, 0.5) is 0 Å². The molecule has 0 spiro atoms. The van der Waals surface area contributed by atoms with Gasteiger partial charge in [-0.15, -0.1) is 0 Å². The van der Waals surface area contributed by atoms with Crippen molar-refractivity contribution < 1.29 is 4.79 Å². The third kappa shape index (κ3) is 2.21. The van der Waals surface area contributed by atoms with Crippen LogP contribution in [0.5, 0.6) is 0 Å². The van der Waals surface area contributed by atoms with E-state index >= 15 is 0 Å². The molecule has 1 amide bonds. The Hall–Kier alpha value is -1.62. The van der Waals surface area contributed by atoms with Gasteiger partial charge in [0.2, 0.25) is 0 Å². The van der Waals surface area contributed by atoms with Crippen LogP contribution in [-0.2, 0) is 11.8 Å². The maximum absolute atomic E-state index is 10.6. The molecule has 0 radical (unpaired) electrons. The maximum atomic E-state index is 10.6. The van der Waals surface area contributed by atoms with Gasteiger partial charge in [-0.25, -0.2) is 5.84 Å². The first-order valence-corrected chi connectivity index (χ1v) is 3.39. The molecule has 0 atom stereocenters. The Balaban J connectivity index is 2.63. The largest absolute Gasteiger partial charge is 0.291 e. The molecule has 3 N–H and O–H groups in total. The number of nitrogens with two attached hydrogens (primary N) is 1. The molecule has 1 aromatic rings. The van der Waals surface area contributed by atoms with Crippen molar-refractivity contribution in [1.82, 2.24) is 15.2 Å². The van der Waals surface area contributed by atoms with E-state index in [1.165, 1.54) is 6.08 Å². The van der Waals surface area contributed by atoms with Crippen molar-refractivity contribution in [3.63, 3.8) is 0 Å². The standard InChI is InChI=1S/C7H10N4O/c1-11-5-6(4-9-11)2-3-7(12)10-8/h2-5H,8H2,1H3,(H,10,12)/b3-2+. The fourth-order valence-electron chi connectivity index (χ4n) is 0.746. The number of amides is 1. The first kappa shape index (κ1) is 8.48. The van der Waals surface area contributed by atoms with Crippen molar-refractivity contribution in [2.75, 3.05) is 0 Å². The van der Waals surface area contributed by atoms with Crippen molar-refractivity contribution >= 4 is 12.0 Å². The van der Waals surface area contributed by atoms with E-state index in [1.807, 2.05) is 5.43 Å². The molecule has 0 fully saturated rings. The summed E-state index contributed by atoms with van der Waals surface area (Å²) in [5.74, 6) is 4.54. The molecule has 1 rings (SSSR count). The molecule has 0 aliphatic rings. The summed E-state index contributed by atoms with van der Waals surface area (Å²) in [7, 11) is 1.81. The lowest BCUT2D eigenvalue weighted by Gasteiger charge is -1.87. The van der Waals surface area contributed by atoms with E-state index in [0.29, 0.717) is 0 Å². The lowest BCUT2D eigenvalue weighted by atomic mass is 10.3. The van der Waals surface area contributed by atoms with Crippen molar-refractivity contribution in [3.05, 3.63) is 24.0 Å². The predicted octanol–water partition coefficient (Wildman–Crippen LogP) is -0.577. The molecule has 0 unspecified atom stereocenters. The van der Waals surface area contributed by atoms with Gasteiger partial charge in [0.15, 0.2) is 0 Å². The Kier molecular flexibility index (Phi) is 2.60. The molecule has 5 nitrogen and oxygen atoms in total. The fourth-order valence-corrected chi connectivity index (χ4v) is 0.746. The summed E-state index contributed by atoms with van der Waals surface area (Å²) < 4.78 is 1.65. The minimum Gasteiger partial charge on any atom is -0.291 e. The summed E-state index contributed by atoms with van der Waals surface area (Å²) in [6.07, 6.45) is 6.42. The molecular weight excluding hydrogens is 156 g/mol. The Morgan fingerprint density at radius 3 is 3.08 bits per heavy atom. The number of nitrogens with one attached hydrogen (secondary N) is 1. The van der Waals surface area contributed by atoms with Crippen LogP contribution in [0.25, 0.3) is 6.08 Å².